The van der Waals surface area contributed by atoms with Crippen molar-refractivity contribution in [3.05, 3.63) is 58.1 Å². The molecule has 2 aromatic carbocycles. The maximum absolute atomic E-state index is 12.0. The van der Waals surface area contributed by atoms with Crippen molar-refractivity contribution in [2.75, 3.05) is 7.11 Å². The van der Waals surface area contributed by atoms with Gasteiger partial charge in [0.2, 0.25) is 5.96 Å². The minimum Gasteiger partial charge on any atom is -0.496 e. The first-order chi connectivity index (χ1) is 12.3. The fourth-order valence-electron chi connectivity index (χ4n) is 1.79. The summed E-state index contributed by atoms with van der Waals surface area (Å²) in [5.41, 5.74) is 9.24. The maximum atomic E-state index is 12.0. The molecule has 3 N–H and O–H groups in total. The second kappa shape index (κ2) is 8.79. The number of nitrogens with one attached hydrogen (secondary N) is 1. The molecule has 0 spiro atoms. The van der Waals surface area contributed by atoms with Gasteiger partial charge in [-0.1, -0.05) is 17.7 Å². The molecule has 0 fully saturated rings. The molecule has 0 saturated heterocycles. The number of aryl methyl sites for hydroxylation is 1. The van der Waals surface area contributed by atoms with E-state index in [1.54, 1.807) is 37.4 Å². The third kappa shape index (κ3) is 5.55. The Bertz CT molecular complexity index is 928. The van der Waals surface area contributed by atoms with E-state index in [4.69, 9.17) is 10.5 Å². The molecule has 26 heavy (non-hydrogen) atoms. The van der Waals surface area contributed by atoms with Crippen molar-refractivity contribution < 1.29 is 17.4 Å². The third-order valence-electron chi connectivity index (χ3n) is 3.11. The van der Waals surface area contributed by atoms with Gasteiger partial charge in [0.05, 0.1) is 22.7 Å². The summed E-state index contributed by atoms with van der Waals surface area (Å²) in [5.74, 6) is 0.367. The minimum atomic E-state index is -4.01. The molecule has 0 aliphatic carbocycles. The predicted molar refractivity (Wildman–Crippen MR) is 102 cm³/mol. The molecule has 0 amide bonds. The molecule has 0 saturated carbocycles. The highest BCUT2D eigenvalue weighted by Crippen LogP contribution is 2.24. The molecule has 138 valence electrons. The Labute approximate surface area is 159 Å². The molecule has 2 rings (SSSR count). The summed E-state index contributed by atoms with van der Waals surface area (Å²) in [5, 5.41) is 7.38. The highest BCUT2D eigenvalue weighted by Gasteiger charge is 2.15. The van der Waals surface area contributed by atoms with Gasteiger partial charge < -0.3 is 10.5 Å². The van der Waals surface area contributed by atoms with Gasteiger partial charge in [-0.15, -0.1) is 9.39 Å². The van der Waals surface area contributed by atoms with Gasteiger partial charge in [0.15, 0.2) is 0 Å². The van der Waals surface area contributed by atoms with Gasteiger partial charge in [0, 0.05) is 0 Å². The average molecular weight is 441 g/mol. The lowest BCUT2D eigenvalue weighted by Gasteiger charge is -2.06. The van der Waals surface area contributed by atoms with E-state index in [-0.39, 0.29) is 10.9 Å². The number of hydrogen-bond donors (Lipinski definition) is 2. The molecule has 2 aromatic rings. The molecule has 0 atom stereocenters. The molecule has 0 aliphatic heterocycles. The monoisotopic (exact) mass is 440 g/mol. The predicted octanol–water partition coefficient (Wildman–Crippen LogP) is 2.32. The van der Waals surface area contributed by atoms with Crippen molar-refractivity contribution in [1.82, 2.24) is 5.48 Å². The van der Waals surface area contributed by atoms with E-state index < -0.39 is 10.1 Å². The summed E-state index contributed by atoms with van der Waals surface area (Å²) in [4.78, 5) is -0.00464. The van der Waals surface area contributed by atoms with E-state index in [2.05, 4.69) is 30.4 Å². The van der Waals surface area contributed by atoms with Crippen LogP contribution in [0.4, 0.5) is 0 Å². The zero-order valence-corrected chi connectivity index (χ0v) is 16.4. The van der Waals surface area contributed by atoms with Crippen LogP contribution in [-0.4, -0.2) is 27.7 Å². The van der Waals surface area contributed by atoms with Crippen molar-refractivity contribution in [2.45, 2.75) is 11.8 Å². The summed E-state index contributed by atoms with van der Waals surface area (Å²) in [6.07, 6.45) is 1.44. The molecule has 8 nitrogen and oxygen atoms in total. The van der Waals surface area contributed by atoms with Crippen molar-refractivity contribution in [3.63, 3.8) is 0 Å². The normalized spacial score (nSPS) is 12.3. The van der Waals surface area contributed by atoms with Gasteiger partial charge in [-0.3, -0.25) is 0 Å². The second-order valence-electron chi connectivity index (χ2n) is 5.08. The van der Waals surface area contributed by atoms with Gasteiger partial charge in [-0.25, -0.2) is 5.48 Å². The smallest absolute Gasteiger partial charge is 0.317 e. The molecular formula is C16H17BrN4O4S. The Balaban J connectivity index is 1.97. The number of hydroxylamine groups is 1. The Morgan fingerprint density at radius 2 is 1.92 bits per heavy atom. The van der Waals surface area contributed by atoms with E-state index in [1.807, 2.05) is 12.4 Å². The van der Waals surface area contributed by atoms with Crippen LogP contribution in [0.5, 0.6) is 5.75 Å². The van der Waals surface area contributed by atoms with Crippen LogP contribution in [0, 0.1) is 6.92 Å². The first-order valence-corrected chi connectivity index (χ1v) is 9.48. The lowest BCUT2D eigenvalue weighted by molar-refractivity contribution is 0.266. The van der Waals surface area contributed by atoms with Crippen molar-refractivity contribution >= 4 is 38.2 Å². The number of nitrogens with two attached hydrogens (primary N) is 1. The Kier molecular flexibility index (Phi) is 6.72. The molecule has 10 heteroatoms. The molecule has 0 bridgehead atoms. The molecule has 0 aliphatic rings. The van der Waals surface area contributed by atoms with Crippen LogP contribution in [0.2, 0.25) is 0 Å². The lowest BCUT2D eigenvalue weighted by atomic mass is 10.2. The van der Waals surface area contributed by atoms with Crippen LogP contribution in [0.25, 0.3) is 0 Å². The first-order valence-electron chi connectivity index (χ1n) is 7.28. The zero-order chi connectivity index (χ0) is 19.2. The lowest BCUT2D eigenvalue weighted by Crippen LogP contribution is -2.33. The molecule has 0 unspecified atom stereocenters. The summed E-state index contributed by atoms with van der Waals surface area (Å²) in [7, 11) is -2.44. The molecule has 0 radical (unpaired) electrons. The van der Waals surface area contributed by atoms with Crippen LogP contribution in [-0.2, 0) is 14.4 Å². The van der Waals surface area contributed by atoms with Gasteiger partial charge in [0.1, 0.15) is 5.75 Å². The number of nitrogens with zero attached hydrogens (tertiary/aromatic N) is 2. The van der Waals surface area contributed by atoms with Gasteiger partial charge in [-0.2, -0.15) is 13.5 Å². The van der Waals surface area contributed by atoms with Crippen LogP contribution >= 0.6 is 15.9 Å². The fraction of sp³-hybridized carbons (Fsp3) is 0.125. The standard InChI is InChI=1S/C16H17BrN4O4S/c1-11-3-6-13(7-4-11)26(22,23)25-21-16(18)20-19-10-12-5-8-15(24-2)14(17)9-12/h3-10H,1-2H3,(H3,18,20,21). The van der Waals surface area contributed by atoms with Crippen LogP contribution in [0.3, 0.4) is 0 Å². The summed E-state index contributed by atoms with van der Waals surface area (Å²) < 4.78 is 34.5. The SMILES string of the molecule is COc1ccc(C=NN=C(N)NOS(=O)(=O)c2ccc(C)cc2)cc1Br. The molecule has 0 aromatic heterocycles. The number of guanidine groups is 1. The van der Waals surface area contributed by atoms with Crippen molar-refractivity contribution in [2.24, 2.45) is 15.9 Å². The van der Waals surface area contributed by atoms with E-state index in [1.165, 1.54) is 18.3 Å². The van der Waals surface area contributed by atoms with Gasteiger partial charge in [-0.05, 0) is 58.7 Å². The highest BCUT2D eigenvalue weighted by atomic mass is 79.9. The van der Waals surface area contributed by atoms with Gasteiger partial charge >= 0.3 is 10.1 Å². The molecular weight excluding hydrogens is 424 g/mol. The summed E-state index contributed by atoms with van der Waals surface area (Å²) in [6, 6.07) is 11.5. The van der Waals surface area contributed by atoms with Crippen molar-refractivity contribution in [3.8, 4) is 5.75 Å². The Morgan fingerprint density at radius 1 is 1.23 bits per heavy atom. The Morgan fingerprint density at radius 3 is 2.54 bits per heavy atom. The maximum Gasteiger partial charge on any atom is 0.317 e. The average Bonchev–Trinajstić information content (AvgIpc) is 2.61. The first kappa shape index (κ1) is 19.9. The number of rotatable bonds is 6. The number of methoxy groups -OCH3 is 1. The van der Waals surface area contributed by atoms with Crippen LogP contribution < -0.4 is 16.0 Å². The van der Waals surface area contributed by atoms with Crippen molar-refractivity contribution in [1.29, 1.82) is 0 Å². The second-order valence-corrected chi connectivity index (χ2v) is 7.48. The fourth-order valence-corrected chi connectivity index (χ4v) is 3.11. The number of ether oxygens (including phenoxy) is 1. The quantitative estimate of drug-likeness (QED) is 0.404. The number of hydrogen-bond acceptors (Lipinski definition) is 6. The van der Waals surface area contributed by atoms with E-state index in [0.29, 0.717) is 5.75 Å². The zero-order valence-electron chi connectivity index (χ0n) is 14.0. The summed E-state index contributed by atoms with van der Waals surface area (Å²) >= 11 is 3.36. The van der Waals surface area contributed by atoms with E-state index in [9.17, 15) is 8.42 Å². The van der Waals surface area contributed by atoms with Crippen LogP contribution in [0.1, 0.15) is 11.1 Å². The third-order valence-corrected chi connectivity index (χ3v) is 4.89. The van der Waals surface area contributed by atoms with E-state index >= 15 is 0 Å². The largest absolute Gasteiger partial charge is 0.496 e. The van der Waals surface area contributed by atoms with Gasteiger partial charge in [0.25, 0.3) is 0 Å². The van der Waals surface area contributed by atoms with Crippen LogP contribution in [0.15, 0.2) is 62.0 Å². The number of benzene rings is 2. The number of halogens is 1. The topological polar surface area (TPSA) is 115 Å². The summed E-state index contributed by atoms with van der Waals surface area (Å²) in [6.45, 7) is 1.85. The highest BCUT2D eigenvalue weighted by molar-refractivity contribution is 9.10. The molecule has 0 heterocycles. The Hall–Kier alpha value is -2.43. The minimum absolute atomic E-state index is 0.00464. The van der Waals surface area contributed by atoms with E-state index in [0.717, 1.165) is 15.6 Å².